The average molecular weight is 311 g/mol. The van der Waals surface area contributed by atoms with E-state index in [1.54, 1.807) is 18.1 Å². The molecular weight excluding hydrogens is 296 g/mol. The normalized spacial score (nSPS) is 10.3. The Labute approximate surface area is 126 Å². The number of rotatable bonds is 5. The molecule has 1 N–H and O–H groups in total. The zero-order chi connectivity index (χ0) is 14.5. The topological polar surface area (TPSA) is 58.1 Å². The number of carbonyl (C=O) groups is 1. The fraction of sp³-hybridized carbons (Fsp3) is 0.308. The zero-order valence-corrected chi connectivity index (χ0v) is 12.8. The number of thiophene rings is 1. The highest BCUT2D eigenvalue weighted by atomic mass is 35.5. The second-order valence-corrected chi connectivity index (χ2v) is 5.98. The molecule has 0 radical (unpaired) electrons. The first-order valence-electron chi connectivity index (χ1n) is 6.15. The van der Waals surface area contributed by atoms with Crippen LogP contribution in [0.3, 0.4) is 0 Å². The molecule has 2 heterocycles. The van der Waals surface area contributed by atoms with Gasteiger partial charge in [0.1, 0.15) is 11.5 Å². The van der Waals surface area contributed by atoms with Crippen molar-refractivity contribution in [1.29, 1.82) is 0 Å². The van der Waals surface area contributed by atoms with Gasteiger partial charge in [-0.25, -0.2) is 9.97 Å². The summed E-state index contributed by atoms with van der Waals surface area (Å²) in [5.41, 5.74) is 0.330. The van der Waals surface area contributed by atoms with Crippen LogP contribution in [-0.4, -0.2) is 34.4 Å². The minimum absolute atomic E-state index is 0.162. The van der Waals surface area contributed by atoms with E-state index >= 15 is 0 Å². The van der Waals surface area contributed by atoms with E-state index in [2.05, 4.69) is 15.3 Å². The number of hydrogen-bond acceptors (Lipinski definition) is 5. The lowest BCUT2D eigenvalue weighted by Gasteiger charge is -2.15. The summed E-state index contributed by atoms with van der Waals surface area (Å²) < 4.78 is 0.718. The quantitative estimate of drug-likeness (QED) is 0.922. The van der Waals surface area contributed by atoms with Gasteiger partial charge in [0.25, 0.3) is 5.91 Å². The van der Waals surface area contributed by atoms with E-state index in [-0.39, 0.29) is 5.91 Å². The van der Waals surface area contributed by atoms with E-state index in [4.69, 9.17) is 11.6 Å². The van der Waals surface area contributed by atoms with Crippen LogP contribution in [0.15, 0.2) is 24.5 Å². The summed E-state index contributed by atoms with van der Waals surface area (Å²) in [6.07, 6.45) is 3.05. The standard InChI is InChI=1S/C13H15ClN4OS/c1-3-15-12-7-16-10(6-17-12)13(19)18(2)8-9-4-5-11(14)20-9/h4-7H,3,8H2,1-2H3,(H,15,17). The average Bonchev–Trinajstić information content (AvgIpc) is 2.84. The second-order valence-electron chi connectivity index (χ2n) is 4.18. The van der Waals surface area contributed by atoms with Crippen LogP contribution in [0, 0.1) is 0 Å². The van der Waals surface area contributed by atoms with Crippen molar-refractivity contribution in [3.05, 3.63) is 39.4 Å². The molecule has 0 atom stereocenters. The summed E-state index contributed by atoms with van der Waals surface area (Å²) in [7, 11) is 1.73. The molecular formula is C13H15ClN4OS. The Balaban J connectivity index is 2.02. The number of hydrogen-bond donors (Lipinski definition) is 1. The van der Waals surface area contributed by atoms with Crippen molar-refractivity contribution in [1.82, 2.24) is 14.9 Å². The first-order valence-corrected chi connectivity index (χ1v) is 7.35. The summed E-state index contributed by atoms with van der Waals surface area (Å²) in [4.78, 5) is 23.1. The van der Waals surface area contributed by atoms with Gasteiger partial charge in [-0.3, -0.25) is 4.79 Å². The lowest BCUT2D eigenvalue weighted by molar-refractivity contribution is 0.0780. The van der Waals surface area contributed by atoms with Gasteiger partial charge in [0, 0.05) is 18.5 Å². The highest BCUT2D eigenvalue weighted by molar-refractivity contribution is 7.16. The SMILES string of the molecule is CCNc1cnc(C(=O)N(C)Cc2ccc(Cl)s2)cn1. The van der Waals surface area contributed by atoms with Crippen LogP contribution in [-0.2, 0) is 6.54 Å². The van der Waals surface area contributed by atoms with Crippen molar-refractivity contribution in [2.24, 2.45) is 0 Å². The number of aromatic nitrogens is 2. The number of nitrogens with zero attached hydrogens (tertiary/aromatic N) is 3. The number of halogens is 1. The molecule has 0 fully saturated rings. The third kappa shape index (κ3) is 3.68. The van der Waals surface area contributed by atoms with Crippen LogP contribution >= 0.6 is 22.9 Å². The molecule has 0 aliphatic heterocycles. The van der Waals surface area contributed by atoms with Gasteiger partial charge < -0.3 is 10.2 Å². The van der Waals surface area contributed by atoms with E-state index in [9.17, 15) is 4.79 Å². The Morgan fingerprint density at radius 1 is 1.40 bits per heavy atom. The maximum atomic E-state index is 12.2. The van der Waals surface area contributed by atoms with E-state index in [0.29, 0.717) is 18.1 Å². The van der Waals surface area contributed by atoms with Gasteiger partial charge in [0.2, 0.25) is 0 Å². The van der Waals surface area contributed by atoms with E-state index in [0.717, 1.165) is 15.8 Å². The van der Waals surface area contributed by atoms with Crippen LogP contribution in [0.1, 0.15) is 22.3 Å². The number of amides is 1. The summed E-state index contributed by atoms with van der Waals surface area (Å²) >= 11 is 7.34. The van der Waals surface area contributed by atoms with E-state index in [1.807, 2.05) is 19.1 Å². The molecule has 1 amide bonds. The first kappa shape index (κ1) is 14.7. The first-order chi connectivity index (χ1) is 9.60. The fourth-order valence-electron chi connectivity index (χ4n) is 1.65. The summed E-state index contributed by atoms with van der Waals surface area (Å²) in [5, 5.41) is 3.03. The maximum absolute atomic E-state index is 12.2. The Hall–Kier alpha value is -1.66. The molecule has 106 valence electrons. The van der Waals surface area contributed by atoms with Crippen molar-refractivity contribution in [2.45, 2.75) is 13.5 Å². The van der Waals surface area contributed by atoms with Crippen molar-refractivity contribution in [2.75, 3.05) is 18.9 Å². The summed E-state index contributed by atoms with van der Waals surface area (Å²) in [5.74, 6) is 0.502. The van der Waals surface area contributed by atoms with Crippen molar-refractivity contribution < 1.29 is 4.79 Å². The molecule has 0 aliphatic rings. The van der Waals surface area contributed by atoms with Crippen LogP contribution in [0.4, 0.5) is 5.82 Å². The zero-order valence-electron chi connectivity index (χ0n) is 11.3. The van der Waals surface area contributed by atoms with Crippen LogP contribution in [0.5, 0.6) is 0 Å². The minimum Gasteiger partial charge on any atom is -0.369 e. The predicted octanol–water partition coefficient (Wildman–Crippen LogP) is 2.90. The van der Waals surface area contributed by atoms with Crippen molar-refractivity contribution in [3.8, 4) is 0 Å². The Morgan fingerprint density at radius 2 is 2.20 bits per heavy atom. The van der Waals surface area contributed by atoms with Crippen molar-refractivity contribution in [3.63, 3.8) is 0 Å². The minimum atomic E-state index is -0.162. The fourth-order valence-corrected chi connectivity index (χ4v) is 2.79. The summed E-state index contributed by atoms with van der Waals surface area (Å²) in [6.45, 7) is 3.24. The monoisotopic (exact) mass is 310 g/mol. The molecule has 0 aromatic carbocycles. The molecule has 2 rings (SSSR count). The third-order valence-electron chi connectivity index (χ3n) is 2.60. The number of carbonyl (C=O) groups excluding carboxylic acids is 1. The van der Waals surface area contributed by atoms with Crippen LogP contribution in [0.25, 0.3) is 0 Å². The van der Waals surface area contributed by atoms with Gasteiger partial charge in [-0.05, 0) is 19.1 Å². The number of nitrogens with one attached hydrogen (secondary N) is 1. The van der Waals surface area contributed by atoms with Gasteiger partial charge in [0.15, 0.2) is 0 Å². The van der Waals surface area contributed by atoms with Crippen LogP contribution in [0.2, 0.25) is 4.34 Å². The molecule has 0 spiro atoms. The Bertz CT molecular complexity index is 584. The van der Waals surface area contributed by atoms with Crippen molar-refractivity contribution >= 4 is 34.7 Å². The molecule has 5 nitrogen and oxygen atoms in total. The Kier molecular flexibility index (Phi) is 4.92. The lowest BCUT2D eigenvalue weighted by Crippen LogP contribution is -2.26. The maximum Gasteiger partial charge on any atom is 0.274 e. The predicted molar refractivity (Wildman–Crippen MR) is 81.3 cm³/mol. The lowest BCUT2D eigenvalue weighted by atomic mass is 10.3. The van der Waals surface area contributed by atoms with Gasteiger partial charge in [-0.1, -0.05) is 11.6 Å². The van der Waals surface area contributed by atoms with Gasteiger partial charge in [0.05, 0.1) is 23.3 Å². The molecule has 2 aromatic rings. The van der Waals surface area contributed by atoms with E-state index < -0.39 is 0 Å². The molecule has 0 unspecified atom stereocenters. The summed E-state index contributed by atoms with van der Waals surface area (Å²) in [6, 6.07) is 3.74. The van der Waals surface area contributed by atoms with E-state index in [1.165, 1.54) is 17.5 Å². The highest BCUT2D eigenvalue weighted by Gasteiger charge is 2.14. The van der Waals surface area contributed by atoms with Gasteiger partial charge in [-0.2, -0.15) is 0 Å². The molecule has 0 bridgehead atoms. The molecule has 7 heteroatoms. The molecule has 0 saturated heterocycles. The molecule has 0 saturated carbocycles. The molecule has 20 heavy (non-hydrogen) atoms. The molecule has 0 aliphatic carbocycles. The highest BCUT2D eigenvalue weighted by Crippen LogP contribution is 2.22. The molecule has 2 aromatic heterocycles. The third-order valence-corrected chi connectivity index (χ3v) is 3.81. The van der Waals surface area contributed by atoms with Gasteiger partial charge in [-0.15, -0.1) is 11.3 Å². The van der Waals surface area contributed by atoms with Gasteiger partial charge >= 0.3 is 0 Å². The second kappa shape index (κ2) is 6.67. The number of anilines is 1. The Morgan fingerprint density at radius 3 is 2.75 bits per heavy atom. The largest absolute Gasteiger partial charge is 0.369 e. The smallest absolute Gasteiger partial charge is 0.274 e. The van der Waals surface area contributed by atoms with Crippen LogP contribution < -0.4 is 5.32 Å².